The molecule has 10 heteroatoms. The van der Waals surface area contributed by atoms with Gasteiger partial charge >= 0.3 is 0 Å². The van der Waals surface area contributed by atoms with Gasteiger partial charge in [0.2, 0.25) is 16.0 Å². The first-order valence-electron chi connectivity index (χ1n) is 10.8. The number of aryl methyl sites for hydroxylation is 1. The van der Waals surface area contributed by atoms with E-state index in [-0.39, 0.29) is 5.82 Å². The zero-order chi connectivity index (χ0) is 23.1. The maximum Gasteiger partial charge on any atom is 0.236 e. The monoisotopic (exact) mass is 468 g/mol. The van der Waals surface area contributed by atoms with Gasteiger partial charge < -0.3 is 4.90 Å². The Morgan fingerprint density at radius 3 is 2.24 bits per heavy atom. The molecule has 172 valence electrons. The molecule has 0 aliphatic carbocycles. The second-order valence-electron chi connectivity index (χ2n) is 7.64. The minimum Gasteiger partial charge on any atom is -0.338 e. The highest BCUT2D eigenvalue weighted by Crippen LogP contribution is 2.20. The van der Waals surface area contributed by atoms with Gasteiger partial charge in [-0.25, -0.2) is 32.7 Å². The van der Waals surface area contributed by atoms with E-state index in [1.807, 2.05) is 4.90 Å². The van der Waals surface area contributed by atoms with Crippen molar-refractivity contribution in [2.75, 3.05) is 31.1 Å². The Morgan fingerprint density at radius 1 is 0.909 bits per heavy atom. The Bertz CT molecular complexity index is 1160. The van der Waals surface area contributed by atoms with Gasteiger partial charge in [0.1, 0.15) is 11.6 Å². The molecule has 1 aliphatic heterocycles. The lowest BCUT2D eigenvalue weighted by molar-refractivity contribution is 0.387. The Kier molecular flexibility index (Phi) is 7.36. The third-order valence-electron chi connectivity index (χ3n) is 5.36. The summed E-state index contributed by atoms with van der Waals surface area (Å²) in [7, 11) is -3.46. The molecule has 1 aliphatic rings. The fourth-order valence-electron chi connectivity index (χ4n) is 3.53. The molecule has 4 rings (SSSR count). The maximum absolute atomic E-state index is 13.1. The van der Waals surface area contributed by atoms with Gasteiger partial charge in [-0.2, -0.15) is 4.31 Å². The second-order valence-corrected chi connectivity index (χ2v) is 9.46. The average Bonchev–Trinajstić information content (AvgIpc) is 2.85. The van der Waals surface area contributed by atoms with E-state index in [1.165, 1.54) is 21.8 Å². The molecular weight excluding hydrogens is 443 g/mol. The van der Waals surface area contributed by atoms with Gasteiger partial charge in [0, 0.05) is 68.4 Å². The van der Waals surface area contributed by atoms with Crippen molar-refractivity contribution in [1.82, 2.24) is 24.2 Å². The molecule has 0 spiro atoms. The molecule has 0 unspecified atom stereocenters. The third kappa shape index (κ3) is 6.17. The van der Waals surface area contributed by atoms with E-state index in [2.05, 4.69) is 19.9 Å². The minimum atomic E-state index is -3.46. The van der Waals surface area contributed by atoms with E-state index >= 15 is 0 Å². The minimum absolute atomic E-state index is 0.291. The average molecular weight is 469 g/mol. The molecule has 0 N–H and O–H groups in total. The van der Waals surface area contributed by atoms with Crippen LogP contribution in [-0.4, -0.2) is 58.8 Å². The molecule has 0 bridgehead atoms. The Hall–Kier alpha value is -3.24. The smallest absolute Gasteiger partial charge is 0.236 e. The largest absolute Gasteiger partial charge is 0.338 e. The summed E-state index contributed by atoms with van der Waals surface area (Å²) >= 11 is 0. The number of allylic oxidation sites excluding steroid dienone is 1. The molecular formula is C23H25FN6O2S. The first kappa shape index (κ1) is 22.9. The quantitative estimate of drug-likeness (QED) is 0.469. The number of aromatic nitrogens is 4. The summed E-state index contributed by atoms with van der Waals surface area (Å²) in [5.41, 5.74) is 1.63. The number of hydrogen-bond donors (Lipinski definition) is 0. The summed E-state index contributed by atoms with van der Waals surface area (Å²) in [6.07, 6.45) is 10.6. The lowest BCUT2D eigenvalue weighted by atomic mass is 10.1. The van der Waals surface area contributed by atoms with E-state index in [4.69, 9.17) is 0 Å². The molecule has 2 aromatic heterocycles. The molecule has 8 nitrogen and oxygen atoms in total. The topological polar surface area (TPSA) is 92.2 Å². The van der Waals surface area contributed by atoms with Crippen LogP contribution in [0.25, 0.3) is 11.1 Å². The van der Waals surface area contributed by atoms with Gasteiger partial charge in [-0.15, -0.1) is 0 Å². The molecule has 1 fully saturated rings. The predicted molar refractivity (Wildman–Crippen MR) is 124 cm³/mol. The van der Waals surface area contributed by atoms with Crippen LogP contribution in [0.5, 0.6) is 0 Å². The number of hydrogen-bond acceptors (Lipinski definition) is 7. The van der Waals surface area contributed by atoms with E-state index in [9.17, 15) is 12.8 Å². The number of unbranched alkanes of at least 4 members (excludes halogenated alkanes) is 1. The number of anilines is 1. The van der Waals surface area contributed by atoms with Crippen molar-refractivity contribution in [3.05, 3.63) is 78.2 Å². The number of piperazine rings is 1. The van der Waals surface area contributed by atoms with Gasteiger partial charge in [-0.3, -0.25) is 0 Å². The van der Waals surface area contributed by atoms with Crippen LogP contribution in [0.15, 0.2) is 66.6 Å². The van der Waals surface area contributed by atoms with Gasteiger partial charge in [-0.05, 0) is 36.6 Å². The zero-order valence-corrected chi connectivity index (χ0v) is 18.9. The molecule has 0 saturated carbocycles. The molecule has 0 atom stereocenters. The Labute approximate surface area is 192 Å². The van der Waals surface area contributed by atoms with Crippen molar-refractivity contribution in [3.8, 4) is 11.1 Å². The highest BCUT2D eigenvalue weighted by atomic mass is 32.2. The van der Waals surface area contributed by atoms with E-state index in [0.717, 1.165) is 23.4 Å². The van der Waals surface area contributed by atoms with E-state index in [1.54, 1.807) is 49.1 Å². The Balaban J connectivity index is 1.26. The number of nitrogens with zero attached hydrogens (tertiary/aromatic N) is 6. The van der Waals surface area contributed by atoms with Crippen molar-refractivity contribution >= 4 is 16.0 Å². The molecule has 33 heavy (non-hydrogen) atoms. The van der Waals surface area contributed by atoms with Gasteiger partial charge in [0.15, 0.2) is 0 Å². The fourth-order valence-corrected chi connectivity index (χ4v) is 4.75. The standard InChI is InChI=1S/C23H25FN6O2S/c24-21-8-6-19(7-9-21)20-17-27-23(28-18-20)29-12-14-30(15-13-29)33(31,32)16-3-1-2-5-22-25-10-4-11-26-22/h3-4,6-11,16-18H,1-2,5,12-15H2. The summed E-state index contributed by atoms with van der Waals surface area (Å²) in [5, 5.41) is 1.29. The number of sulfonamides is 1. The van der Waals surface area contributed by atoms with Crippen LogP contribution in [0.1, 0.15) is 18.7 Å². The van der Waals surface area contributed by atoms with Crippen LogP contribution >= 0.6 is 0 Å². The van der Waals surface area contributed by atoms with Crippen LogP contribution in [0, 0.1) is 5.82 Å². The first-order valence-corrected chi connectivity index (χ1v) is 12.3. The van der Waals surface area contributed by atoms with Crippen LogP contribution in [-0.2, 0) is 16.4 Å². The predicted octanol–water partition coefficient (Wildman–Crippen LogP) is 3.06. The summed E-state index contributed by atoms with van der Waals surface area (Å²) in [6.45, 7) is 1.75. The van der Waals surface area contributed by atoms with Crippen molar-refractivity contribution in [1.29, 1.82) is 0 Å². The van der Waals surface area contributed by atoms with Crippen molar-refractivity contribution in [2.24, 2.45) is 0 Å². The van der Waals surface area contributed by atoms with Crippen molar-refractivity contribution in [2.45, 2.75) is 19.3 Å². The van der Waals surface area contributed by atoms with E-state index < -0.39 is 10.0 Å². The summed E-state index contributed by atoms with van der Waals surface area (Å²) in [4.78, 5) is 19.1. The summed E-state index contributed by atoms with van der Waals surface area (Å²) < 4.78 is 39.8. The van der Waals surface area contributed by atoms with Crippen LogP contribution < -0.4 is 4.90 Å². The molecule has 1 saturated heterocycles. The van der Waals surface area contributed by atoms with Gasteiger partial charge in [-0.1, -0.05) is 18.2 Å². The third-order valence-corrected chi connectivity index (χ3v) is 6.98. The molecule has 0 radical (unpaired) electrons. The lowest BCUT2D eigenvalue weighted by Gasteiger charge is -2.33. The van der Waals surface area contributed by atoms with Crippen LogP contribution in [0.2, 0.25) is 0 Å². The van der Waals surface area contributed by atoms with Crippen molar-refractivity contribution < 1.29 is 12.8 Å². The SMILES string of the molecule is O=S(=O)(C=CCCCc1ncccn1)N1CCN(c2ncc(-c3ccc(F)cc3)cn2)CC1. The molecule has 3 heterocycles. The van der Waals surface area contributed by atoms with E-state index in [0.29, 0.717) is 45.0 Å². The van der Waals surface area contributed by atoms with Crippen molar-refractivity contribution in [3.63, 3.8) is 0 Å². The number of benzene rings is 1. The molecule has 0 amide bonds. The first-order chi connectivity index (χ1) is 16.0. The Morgan fingerprint density at radius 2 is 1.58 bits per heavy atom. The zero-order valence-electron chi connectivity index (χ0n) is 18.1. The molecule has 1 aromatic carbocycles. The second kappa shape index (κ2) is 10.6. The maximum atomic E-state index is 13.1. The van der Waals surface area contributed by atoms with Crippen LogP contribution in [0.4, 0.5) is 10.3 Å². The lowest BCUT2D eigenvalue weighted by Crippen LogP contribution is -2.48. The normalized spacial score (nSPS) is 15.2. The van der Waals surface area contributed by atoms with Crippen LogP contribution in [0.3, 0.4) is 0 Å². The fraction of sp³-hybridized carbons (Fsp3) is 0.304. The van der Waals surface area contributed by atoms with Gasteiger partial charge in [0.05, 0.1) is 0 Å². The van der Waals surface area contributed by atoms with Gasteiger partial charge in [0.25, 0.3) is 0 Å². The molecule has 3 aromatic rings. The summed E-state index contributed by atoms with van der Waals surface area (Å²) in [6, 6.07) is 7.93. The summed E-state index contributed by atoms with van der Waals surface area (Å²) in [5.74, 6) is 1.02. The number of halogens is 1. The highest BCUT2D eigenvalue weighted by molar-refractivity contribution is 7.92. The highest BCUT2D eigenvalue weighted by Gasteiger charge is 2.26. The number of rotatable bonds is 8.